The predicted octanol–water partition coefficient (Wildman–Crippen LogP) is 4.86. The Hall–Kier alpha value is -3.55. The smallest absolute Gasteiger partial charge is 0.410 e. The van der Waals surface area contributed by atoms with Crippen molar-refractivity contribution in [3.63, 3.8) is 0 Å². The lowest BCUT2D eigenvalue weighted by Gasteiger charge is -2.30. The fourth-order valence-corrected chi connectivity index (χ4v) is 5.05. The molecule has 2 atom stereocenters. The zero-order valence-electron chi connectivity index (χ0n) is 21.3. The fourth-order valence-electron chi connectivity index (χ4n) is 5.05. The van der Waals surface area contributed by atoms with Gasteiger partial charge in [0, 0.05) is 18.5 Å². The van der Waals surface area contributed by atoms with Gasteiger partial charge in [0.15, 0.2) is 0 Å². The van der Waals surface area contributed by atoms with E-state index in [1.54, 1.807) is 4.90 Å². The van der Waals surface area contributed by atoms with Crippen molar-refractivity contribution in [1.29, 1.82) is 0 Å². The van der Waals surface area contributed by atoms with Gasteiger partial charge in [-0.15, -0.1) is 0 Å². The topological polar surface area (TPSA) is 94.2 Å². The Bertz CT molecular complexity index is 1080. The molecule has 1 aliphatic carbocycles. The number of ether oxygens (including phenoxy) is 3. The van der Waals surface area contributed by atoms with Gasteiger partial charge in [-0.3, -0.25) is 0 Å². The van der Waals surface area contributed by atoms with E-state index < -0.39 is 29.8 Å². The second-order valence-corrected chi connectivity index (χ2v) is 10.3. The van der Waals surface area contributed by atoms with E-state index in [1.165, 1.54) is 7.11 Å². The van der Waals surface area contributed by atoms with Crippen LogP contribution in [0.2, 0.25) is 0 Å². The van der Waals surface area contributed by atoms with Crippen LogP contribution in [0.25, 0.3) is 11.1 Å². The van der Waals surface area contributed by atoms with Gasteiger partial charge in [-0.2, -0.15) is 0 Å². The Morgan fingerprint density at radius 3 is 2.22 bits per heavy atom. The molecule has 1 fully saturated rings. The third-order valence-corrected chi connectivity index (χ3v) is 6.63. The van der Waals surface area contributed by atoms with E-state index >= 15 is 0 Å². The molecule has 192 valence electrons. The Balaban J connectivity index is 1.40. The molecule has 1 aliphatic heterocycles. The maximum atomic E-state index is 12.8. The summed E-state index contributed by atoms with van der Waals surface area (Å²) < 4.78 is 16.0. The van der Waals surface area contributed by atoms with Gasteiger partial charge >= 0.3 is 18.2 Å². The van der Waals surface area contributed by atoms with Gasteiger partial charge in [-0.25, -0.2) is 14.4 Å². The highest BCUT2D eigenvalue weighted by Crippen LogP contribution is 2.44. The minimum Gasteiger partial charge on any atom is -0.467 e. The lowest BCUT2D eigenvalue weighted by Crippen LogP contribution is -2.48. The van der Waals surface area contributed by atoms with E-state index in [9.17, 15) is 14.4 Å². The molecule has 0 unspecified atom stereocenters. The first kappa shape index (κ1) is 25.5. The number of amides is 2. The average Bonchev–Trinajstić information content (AvgIpc) is 3.43. The third-order valence-electron chi connectivity index (χ3n) is 6.63. The quantitative estimate of drug-likeness (QED) is 0.456. The molecule has 8 nitrogen and oxygen atoms in total. The summed E-state index contributed by atoms with van der Waals surface area (Å²) in [5.41, 5.74) is 3.87. The summed E-state index contributed by atoms with van der Waals surface area (Å²) in [5.74, 6) is -0.670. The highest BCUT2D eigenvalue weighted by Gasteiger charge is 2.36. The largest absolute Gasteiger partial charge is 0.467 e. The normalized spacial score (nSPS) is 17.7. The van der Waals surface area contributed by atoms with Crippen molar-refractivity contribution in [3.05, 3.63) is 59.7 Å². The highest BCUT2D eigenvalue weighted by molar-refractivity contribution is 5.82. The third kappa shape index (κ3) is 5.64. The number of methoxy groups -OCH3 is 1. The molecular weight excluding hydrogens is 460 g/mol. The number of hydrogen-bond donors (Lipinski definition) is 1. The van der Waals surface area contributed by atoms with E-state index in [2.05, 4.69) is 17.4 Å². The number of nitrogens with one attached hydrogen (secondary N) is 1. The van der Waals surface area contributed by atoms with Gasteiger partial charge in [0.25, 0.3) is 0 Å². The minimum absolute atomic E-state index is 0.0859. The van der Waals surface area contributed by atoms with Crippen LogP contribution in [0.1, 0.15) is 57.1 Å². The van der Waals surface area contributed by atoms with E-state index in [4.69, 9.17) is 14.2 Å². The second kappa shape index (κ2) is 10.6. The van der Waals surface area contributed by atoms with Gasteiger partial charge < -0.3 is 24.4 Å². The standard InChI is InChI=1S/C28H34N2O6/c1-28(2,3)36-27(33)30-15-9-10-18(30)16-24(25(31)34-4)29-26(32)35-17-23-21-13-7-5-11-19(21)20-12-6-8-14-22(20)23/h5-8,11-14,18,23-24H,9-10,15-17H2,1-4H3,(H,29,32)/t18-,24-/m0/s1. The summed E-state index contributed by atoms with van der Waals surface area (Å²) in [6.07, 6.45) is 0.599. The lowest BCUT2D eigenvalue weighted by atomic mass is 9.98. The first-order valence-corrected chi connectivity index (χ1v) is 12.4. The Labute approximate surface area is 211 Å². The fraction of sp³-hybridized carbons (Fsp3) is 0.464. The van der Waals surface area contributed by atoms with Crippen LogP contribution in [0.15, 0.2) is 48.5 Å². The molecular formula is C28H34N2O6. The van der Waals surface area contributed by atoms with Crippen molar-refractivity contribution >= 4 is 18.2 Å². The number of alkyl carbamates (subject to hydrolysis) is 1. The molecule has 2 aliphatic rings. The van der Waals surface area contributed by atoms with Crippen LogP contribution in [-0.2, 0) is 19.0 Å². The van der Waals surface area contributed by atoms with Crippen LogP contribution < -0.4 is 5.32 Å². The van der Waals surface area contributed by atoms with Crippen molar-refractivity contribution in [2.45, 2.75) is 63.6 Å². The monoisotopic (exact) mass is 494 g/mol. The lowest BCUT2D eigenvalue weighted by molar-refractivity contribution is -0.143. The number of hydrogen-bond acceptors (Lipinski definition) is 6. The molecule has 4 rings (SSSR count). The van der Waals surface area contributed by atoms with Gasteiger partial charge in [0.05, 0.1) is 7.11 Å². The molecule has 0 saturated carbocycles. The molecule has 0 aromatic heterocycles. The zero-order valence-corrected chi connectivity index (χ0v) is 21.3. The zero-order chi connectivity index (χ0) is 25.9. The van der Waals surface area contributed by atoms with Crippen LogP contribution in [0.5, 0.6) is 0 Å². The number of carbonyl (C=O) groups is 3. The van der Waals surface area contributed by atoms with E-state index in [1.807, 2.05) is 57.2 Å². The van der Waals surface area contributed by atoms with Crippen LogP contribution in [0, 0.1) is 0 Å². The molecule has 0 radical (unpaired) electrons. The highest BCUT2D eigenvalue weighted by atomic mass is 16.6. The number of nitrogens with zero attached hydrogens (tertiary/aromatic N) is 1. The van der Waals surface area contributed by atoms with E-state index in [0.29, 0.717) is 13.0 Å². The predicted molar refractivity (Wildman–Crippen MR) is 135 cm³/mol. The first-order valence-electron chi connectivity index (χ1n) is 12.4. The summed E-state index contributed by atoms with van der Waals surface area (Å²) in [7, 11) is 1.27. The van der Waals surface area contributed by atoms with Crippen LogP contribution in [-0.4, -0.2) is 61.0 Å². The summed E-state index contributed by atoms with van der Waals surface area (Å²) in [5, 5.41) is 2.66. The van der Waals surface area contributed by atoms with Crippen molar-refractivity contribution < 1.29 is 28.6 Å². The first-order chi connectivity index (χ1) is 17.2. The molecule has 0 bridgehead atoms. The number of likely N-dealkylation sites (tertiary alicyclic amines) is 1. The van der Waals surface area contributed by atoms with Crippen LogP contribution in [0.4, 0.5) is 9.59 Å². The molecule has 1 saturated heterocycles. The van der Waals surface area contributed by atoms with Crippen molar-refractivity contribution in [3.8, 4) is 11.1 Å². The molecule has 36 heavy (non-hydrogen) atoms. The molecule has 2 amide bonds. The summed E-state index contributed by atoms with van der Waals surface area (Å²) >= 11 is 0. The SMILES string of the molecule is COC(=O)[C@H](C[C@@H]1CCCN1C(=O)OC(C)(C)C)NC(=O)OCC1c2ccccc2-c2ccccc21. The number of fused-ring (bicyclic) bond motifs is 3. The molecule has 1 heterocycles. The van der Waals surface area contributed by atoms with Gasteiger partial charge in [0.2, 0.25) is 0 Å². The summed E-state index contributed by atoms with van der Waals surface area (Å²) in [4.78, 5) is 39.6. The van der Waals surface area contributed by atoms with Gasteiger partial charge in [-0.05, 0) is 62.3 Å². The Morgan fingerprint density at radius 2 is 1.64 bits per heavy atom. The number of benzene rings is 2. The summed E-state index contributed by atoms with van der Waals surface area (Å²) in [6, 6.07) is 15.0. The van der Waals surface area contributed by atoms with Gasteiger partial charge in [0.1, 0.15) is 18.2 Å². The van der Waals surface area contributed by atoms with Crippen LogP contribution >= 0.6 is 0 Å². The number of carbonyl (C=O) groups excluding carboxylic acids is 3. The maximum absolute atomic E-state index is 12.8. The molecule has 0 spiro atoms. The average molecular weight is 495 g/mol. The van der Waals surface area contributed by atoms with E-state index in [0.717, 1.165) is 28.7 Å². The van der Waals surface area contributed by atoms with Crippen molar-refractivity contribution in [1.82, 2.24) is 10.2 Å². The van der Waals surface area contributed by atoms with Crippen molar-refractivity contribution in [2.75, 3.05) is 20.3 Å². The van der Waals surface area contributed by atoms with Gasteiger partial charge in [-0.1, -0.05) is 48.5 Å². The molecule has 1 N–H and O–H groups in total. The minimum atomic E-state index is -0.946. The number of esters is 1. The molecule has 2 aromatic rings. The molecule has 2 aromatic carbocycles. The number of rotatable bonds is 6. The second-order valence-electron chi connectivity index (χ2n) is 10.3. The summed E-state index contributed by atoms with van der Waals surface area (Å²) in [6.45, 7) is 6.11. The van der Waals surface area contributed by atoms with Crippen molar-refractivity contribution in [2.24, 2.45) is 0 Å². The molecule has 8 heteroatoms. The Kier molecular flexibility index (Phi) is 7.52. The maximum Gasteiger partial charge on any atom is 0.410 e. The Morgan fingerprint density at radius 1 is 1.03 bits per heavy atom. The van der Waals surface area contributed by atoms with E-state index in [-0.39, 0.29) is 25.0 Å². The van der Waals surface area contributed by atoms with Crippen LogP contribution in [0.3, 0.4) is 0 Å².